The molecule has 1 aliphatic heterocycles. The number of benzene rings is 1. The lowest BCUT2D eigenvalue weighted by Gasteiger charge is -2.38. The first kappa shape index (κ1) is 26.9. The molecule has 0 amide bonds. The largest absolute Gasteiger partial charge is 0.390 e. The highest BCUT2D eigenvalue weighted by molar-refractivity contribution is 5.68. The molecule has 1 aliphatic rings. The standard InChI is InChI=1S/C24H28F4N2O.C2H6/c1-5-7-20-16(6-2)17-8-9-30(12-24(27,28)13-31)23(22(17)29-20)21-18(25)10-15(14(3)4)11-19(21)26;1-2/h5-7,10-11,14,23,29,31H,2,8-9,12-13H2,1,3-4H3;1-2H3/b7-5-;. The summed E-state index contributed by atoms with van der Waals surface area (Å²) in [6.45, 7) is 11.3. The summed E-state index contributed by atoms with van der Waals surface area (Å²) in [6, 6.07) is 1.45. The maximum Gasteiger partial charge on any atom is 0.283 e. The molecule has 2 heterocycles. The number of hydrogen-bond acceptors (Lipinski definition) is 2. The average molecular weight is 467 g/mol. The van der Waals surface area contributed by atoms with Crippen molar-refractivity contribution in [2.75, 3.05) is 19.7 Å². The number of allylic oxidation sites excluding steroid dienone is 1. The van der Waals surface area contributed by atoms with Gasteiger partial charge < -0.3 is 10.1 Å². The Balaban J connectivity index is 0.00000187. The van der Waals surface area contributed by atoms with Gasteiger partial charge in [0, 0.05) is 29.1 Å². The van der Waals surface area contributed by atoms with Gasteiger partial charge in [0.15, 0.2) is 0 Å². The van der Waals surface area contributed by atoms with Gasteiger partial charge in [-0.25, -0.2) is 17.6 Å². The van der Waals surface area contributed by atoms with Crippen molar-refractivity contribution in [1.29, 1.82) is 0 Å². The zero-order chi connectivity index (χ0) is 24.9. The van der Waals surface area contributed by atoms with Crippen LogP contribution in [-0.4, -0.2) is 40.6 Å². The molecule has 0 fully saturated rings. The Labute approximate surface area is 193 Å². The highest BCUT2D eigenvalue weighted by Gasteiger charge is 2.41. The van der Waals surface area contributed by atoms with Crippen molar-refractivity contribution < 1.29 is 22.7 Å². The Morgan fingerprint density at radius 2 is 1.85 bits per heavy atom. The normalized spacial score (nSPS) is 16.6. The van der Waals surface area contributed by atoms with Crippen LogP contribution in [0.15, 0.2) is 24.8 Å². The molecule has 0 saturated heterocycles. The molecule has 3 nitrogen and oxygen atoms in total. The summed E-state index contributed by atoms with van der Waals surface area (Å²) in [7, 11) is 0. The van der Waals surface area contributed by atoms with Crippen molar-refractivity contribution in [2.24, 2.45) is 0 Å². The van der Waals surface area contributed by atoms with E-state index in [0.29, 0.717) is 23.4 Å². The van der Waals surface area contributed by atoms with E-state index >= 15 is 8.78 Å². The van der Waals surface area contributed by atoms with Crippen molar-refractivity contribution in [1.82, 2.24) is 9.88 Å². The van der Waals surface area contributed by atoms with Gasteiger partial charge in [0.05, 0.1) is 12.6 Å². The van der Waals surface area contributed by atoms with Crippen LogP contribution in [0.5, 0.6) is 0 Å². The number of H-pyrrole nitrogens is 1. The fourth-order valence-electron chi connectivity index (χ4n) is 4.24. The molecule has 33 heavy (non-hydrogen) atoms. The number of aromatic nitrogens is 1. The molecule has 7 heteroatoms. The molecule has 0 radical (unpaired) electrons. The van der Waals surface area contributed by atoms with Crippen LogP contribution in [0.2, 0.25) is 0 Å². The predicted octanol–water partition coefficient (Wildman–Crippen LogP) is 6.69. The second-order valence-corrected chi connectivity index (χ2v) is 8.24. The molecular weight excluding hydrogens is 432 g/mol. The van der Waals surface area contributed by atoms with Crippen LogP contribution in [0.25, 0.3) is 12.2 Å². The Morgan fingerprint density at radius 3 is 2.33 bits per heavy atom. The van der Waals surface area contributed by atoms with E-state index < -0.39 is 36.8 Å². The highest BCUT2D eigenvalue weighted by atomic mass is 19.3. The van der Waals surface area contributed by atoms with Crippen LogP contribution in [-0.2, 0) is 6.42 Å². The molecule has 0 spiro atoms. The summed E-state index contributed by atoms with van der Waals surface area (Å²) in [5.41, 5.74) is 3.01. The van der Waals surface area contributed by atoms with Gasteiger partial charge in [0.2, 0.25) is 0 Å². The molecule has 182 valence electrons. The maximum atomic E-state index is 15.2. The number of aliphatic hydroxyl groups is 1. The molecule has 3 rings (SSSR count). The van der Waals surface area contributed by atoms with Crippen molar-refractivity contribution in [3.63, 3.8) is 0 Å². The van der Waals surface area contributed by atoms with Gasteiger partial charge in [0.1, 0.15) is 18.2 Å². The van der Waals surface area contributed by atoms with Gasteiger partial charge in [-0.2, -0.15) is 0 Å². The number of halogens is 4. The number of alkyl halides is 2. The zero-order valence-corrected chi connectivity index (χ0v) is 20.0. The lowest BCUT2D eigenvalue weighted by atomic mass is 9.89. The first-order chi connectivity index (χ1) is 15.6. The minimum atomic E-state index is -3.40. The maximum absolute atomic E-state index is 15.2. The molecule has 0 aliphatic carbocycles. The number of nitrogens with zero attached hydrogens (tertiary/aromatic N) is 1. The number of nitrogens with one attached hydrogen (secondary N) is 1. The summed E-state index contributed by atoms with van der Waals surface area (Å²) < 4.78 is 58.7. The average Bonchev–Trinajstić information content (AvgIpc) is 3.13. The smallest absolute Gasteiger partial charge is 0.283 e. The molecule has 1 aromatic carbocycles. The van der Waals surface area contributed by atoms with Crippen molar-refractivity contribution in [2.45, 2.75) is 58.9 Å². The molecule has 1 unspecified atom stereocenters. The summed E-state index contributed by atoms with van der Waals surface area (Å²) in [6.07, 6.45) is 5.70. The SMILES string of the molecule is C=Cc1c(/C=C\C)[nH]c2c1CCN(CC(F)(F)CO)C2c1c(F)cc(C(C)C)cc1F.CC. The zero-order valence-electron chi connectivity index (χ0n) is 20.0. The van der Waals surface area contributed by atoms with Gasteiger partial charge in [-0.05, 0) is 48.6 Å². The number of aliphatic hydroxyl groups excluding tert-OH is 1. The summed E-state index contributed by atoms with van der Waals surface area (Å²) in [5.74, 6) is -5.04. The molecule has 1 atom stereocenters. The monoisotopic (exact) mass is 466 g/mol. The lowest BCUT2D eigenvalue weighted by Crippen LogP contribution is -2.45. The van der Waals surface area contributed by atoms with E-state index in [1.54, 1.807) is 6.08 Å². The van der Waals surface area contributed by atoms with Crippen LogP contribution >= 0.6 is 0 Å². The molecular formula is C26H34F4N2O. The lowest BCUT2D eigenvalue weighted by molar-refractivity contribution is -0.0792. The van der Waals surface area contributed by atoms with Crippen LogP contribution in [0, 0.1) is 11.6 Å². The quantitative estimate of drug-likeness (QED) is 0.446. The van der Waals surface area contributed by atoms with Gasteiger partial charge >= 0.3 is 0 Å². The molecule has 2 aromatic rings. The Bertz CT molecular complexity index is 971. The van der Waals surface area contributed by atoms with E-state index in [0.717, 1.165) is 11.1 Å². The Hall–Kier alpha value is -2.38. The Morgan fingerprint density at radius 1 is 1.24 bits per heavy atom. The van der Waals surface area contributed by atoms with Gasteiger partial charge in [0.25, 0.3) is 5.92 Å². The topological polar surface area (TPSA) is 39.3 Å². The fourth-order valence-corrected chi connectivity index (χ4v) is 4.24. The summed E-state index contributed by atoms with van der Waals surface area (Å²) in [5, 5.41) is 9.08. The number of aromatic amines is 1. The molecule has 2 N–H and O–H groups in total. The number of fused-ring (bicyclic) bond motifs is 1. The third-order valence-corrected chi connectivity index (χ3v) is 5.74. The van der Waals surface area contributed by atoms with Gasteiger partial charge in [-0.15, -0.1) is 0 Å². The molecule has 0 bridgehead atoms. The van der Waals surface area contributed by atoms with Crippen LogP contribution in [0.3, 0.4) is 0 Å². The minimum Gasteiger partial charge on any atom is -0.390 e. The first-order valence-electron chi connectivity index (χ1n) is 11.3. The highest BCUT2D eigenvalue weighted by Crippen LogP contribution is 2.41. The second kappa shape index (κ2) is 11.2. The second-order valence-electron chi connectivity index (χ2n) is 8.24. The van der Waals surface area contributed by atoms with E-state index in [9.17, 15) is 8.78 Å². The Kier molecular flexibility index (Phi) is 9.09. The van der Waals surface area contributed by atoms with E-state index in [-0.39, 0.29) is 18.0 Å². The van der Waals surface area contributed by atoms with Crippen molar-refractivity contribution >= 4 is 12.2 Å². The molecule has 1 aromatic heterocycles. The number of hydrogen-bond donors (Lipinski definition) is 2. The summed E-state index contributed by atoms with van der Waals surface area (Å²) in [4.78, 5) is 4.52. The van der Waals surface area contributed by atoms with Crippen LogP contribution in [0.4, 0.5) is 17.6 Å². The third-order valence-electron chi connectivity index (χ3n) is 5.74. The van der Waals surface area contributed by atoms with E-state index in [4.69, 9.17) is 5.11 Å². The van der Waals surface area contributed by atoms with Gasteiger partial charge in [-0.1, -0.05) is 46.4 Å². The molecule has 0 saturated carbocycles. The van der Waals surface area contributed by atoms with E-state index in [1.165, 1.54) is 17.0 Å². The number of rotatable bonds is 7. The van der Waals surface area contributed by atoms with Crippen LogP contribution in [0.1, 0.15) is 80.2 Å². The fraction of sp³-hybridized carbons (Fsp3) is 0.462. The minimum absolute atomic E-state index is 0.0889. The van der Waals surface area contributed by atoms with E-state index in [1.807, 2.05) is 46.8 Å². The van der Waals surface area contributed by atoms with Crippen molar-refractivity contribution in [3.8, 4) is 0 Å². The predicted molar refractivity (Wildman–Crippen MR) is 127 cm³/mol. The first-order valence-corrected chi connectivity index (χ1v) is 11.3. The van der Waals surface area contributed by atoms with Crippen molar-refractivity contribution in [3.05, 3.63) is 70.1 Å². The van der Waals surface area contributed by atoms with E-state index in [2.05, 4.69) is 11.6 Å². The van der Waals surface area contributed by atoms with Gasteiger partial charge in [-0.3, -0.25) is 4.90 Å². The summed E-state index contributed by atoms with van der Waals surface area (Å²) >= 11 is 0. The van der Waals surface area contributed by atoms with Crippen LogP contribution < -0.4 is 0 Å². The third kappa shape index (κ3) is 5.58.